The zero-order valence-corrected chi connectivity index (χ0v) is 21.5. The highest BCUT2D eigenvalue weighted by Gasteiger charge is 2.29. The Morgan fingerprint density at radius 3 is 2.68 bits per heavy atom. The van der Waals surface area contributed by atoms with Crippen LogP contribution >= 0.6 is 0 Å². The van der Waals surface area contributed by atoms with Gasteiger partial charge in [0.2, 0.25) is 17.8 Å². The topological polar surface area (TPSA) is 103 Å². The molecule has 0 fully saturated rings. The van der Waals surface area contributed by atoms with E-state index in [0.717, 1.165) is 30.0 Å². The molecule has 0 saturated carbocycles. The summed E-state index contributed by atoms with van der Waals surface area (Å²) in [6, 6.07) is 13.0. The van der Waals surface area contributed by atoms with Crippen LogP contribution in [-0.2, 0) is 16.0 Å². The molecule has 2 aromatic carbocycles. The lowest BCUT2D eigenvalue weighted by Gasteiger charge is -2.26. The number of para-hydroxylation sites is 1. The fourth-order valence-electron chi connectivity index (χ4n) is 4.07. The molecule has 4 rings (SSSR count). The number of nitrogens with one attached hydrogen (secondary N) is 2. The third kappa shape index (κ3) is 5.70. The lowest BCUT2D eigenvalue weighted by molar-refractivity contribution is -0.116. The number of ether oxygens (including phenoxy) is 1. The van der Waals surface area contributed by atoms with Gasteiger partial charge in [0, 0.05) is 38.5 Å². The van der Waals surface area contributed by atoms with E-state index in [-0.39, 0.29) is 17.8 Å². The molecule has 2 N–H and O–H groups in total. The number of amides is 2. The first-order valence-corrected chi connectivity index (χ1v) is 11.8. The average Bonchev–Trinajstić information content (AvgIpc) is 3.23. The van der Waals surface area contributed by atoms with E-state index < -0.39 is 0 Å². The minimum atomic E-state index is -0.331. The molecule has 1 aliphatic heterocycles. The van der Waals surface area contributed by atoms with Gasteiger partial charge in [0.15, 0.2) is 0 Å². The molecule has 0 bridgehead atoms. The van der Waals surface area contributed by atoms with E-state index in [4.69, 9.17) is 4.74 Å². The summed E-state index contributed by atoms with van der Waals surface area (Å²) in [4.78, 5) is 39.6. The van der Waals surface area contributed by atoms with Crippen LogP contribution in [0.3, 0.4) is 0 Å². The van der Waals surface area contributed by atoms with Crippen molar-refractivity contribution >= 4 is 46.3 Å². The standard InChI is InChI=1S/C27H31N7O3/c1-6-25(35)29-19-16-20(23(37-5)17-22(19)33(4)14-13-32(2)3)30-27-28-12-11-24(31-27)34-21-10-8-7-9-18(21)15-26(34)36/h6-12,16-17H,1,13-15H2,2-5H3,(H,29,35)(H,28,30,31). The maximum Gasteiger partial charge on any atom is 0.247 e. The third-order valence-corrected chi connectivity index (χ3v) is 5.99. The third-order valence-electron chi connectivity index (χ3n) is 5.99. The van der Waals surface area contributed by atoms with E-state index in [9.17, 15) is 9.59 Å². The Morgan fingerprint density at radius 2 is 1.95 bits per heavy atom. The van der Waals surface area contributed by atoms with Gasteiger partial charge in [-0.1, -0.05) is 24.8 Å². The van der Waals surface area contributed by atoms with Crippen LogP contribution in [0.15, 0.2) is 61.3 Å². The predicted molar refractivity (Wildman–Crippen MR) is 146 cm³/mol. The number of carbonyl (C=O) groups excluding carboxylic acids is 2. The summed E-state index contributed by atoms with van der Waals surface area (Å²) in [7, 11) is 7.53. The second kappa shape index (κ2) is 11.1. The van der Waals surface area contributed by atoms with E-state index >= 15 is 0 Å². The summed E-state index contributed by atoms with van der Waals surface area (Å²) in [6.07, 6.45) is 3.14. The minimum Gasteiger partial charge on any atom is -0.494 e. The zero-order chi connectivity index (χ0) is 26.5. The fourth-order valence-corrected chi connectivity index (χ4v) is 4.07. The molecule has 10 heteroatoms. The lowest BCUT2D eigenvalue weighted by Crippen LogP contribution is -2.29. The normalized spacial score (nSPS) is 12.4. The van der Waals surface area contributed by atoms with Crippen LogP contribution in [0, 0.1) is 0 Å². The zero-order valence-electron chi connectivity index (χ0n) is 21.5. The van der Waals surface area contributed by atoms with Crippen molar-refractivity contribution in [2.75, 3.05) is 61.8 Å². The van der Waals surface area contributed by atoms with Crippen LogP contribution in [-0.4, -0.2) is 68.0 Å². The van der Waals surface area contributed by atoms with E-state index in [1.54, 1.807) is 30.3 Å². The molecule has 192 valence electrons. The molecule has 2 heterocycles. The van der Waals surface area contributed by atoms with Crippen LogP contribution in [0.25, 0.3) is 0 Å². The first-order valence-electron chi connectivity index (χ1n) is 11.8. The number of carbonyl (C=O) groups is 2. The van der Waals surface area contributed by atoms with Crippen LogP contribution < -0.4 is 25.2 Å². The van der Waals surface area contributed by atoms with Gasteiger partial charge in [-0.05, 0) is 37.9 Å². The number of fused-ring (bicyclic) bond motifs is 1. The average molecular weight is 502 g/mol. The van der Waals surface area contributed by atoms with Crippen molar-refractivity contribution in [3.8, 4) is 5.75 Å². The molecule has 1 aliphatic rings. The quantitative estimate of drug-likeness (QED) is 0.407. The highest BCUT2D eigenvalue weighted by Crippen LogP contribution is 2.39. The number of hydrogen-bond donors (Lipinski definition) is 2. The number of hydrogen-bond acceptors (Lipinski definition) is 8. The Labute approximate surface area is 216 Å². The highest BCUT2D eigenvalue weighted by molar-refractivity contribution is 6.06. The number of likely N-dealkylation sites (N-methyl/N-ethyl adjacent to an activating group) is 2. The molecule has 2 amide bonds. The number of benzene rings is 2. The maximum absolute atomic E-state index is 12.7. The fraction of sp³-hybridized carbons (Fsp3) is 0.259. The summed E-state index contributed by atoms with van der Waals surface area (Å²) >= 11 is 0. The molecule has 0 atom stereocenters. The maximum atomic E-state index is 12.7. The van der Waals surface area contributed by atoms with Crippen molar-refractivity contribution in [2.45, 2.75) is 6.42 Å². The van der Waals surface area contributed by atoms with Gasteiger partial charge >= 0.3 is 0 Å². The minimum absolute atomic E-state index is 0.0528. The number of aromatic nitrogens is 2. The second-order valence-electron chi connectivity index (χ2n) is 8.89. The molecular weight excluding hydrogens is 470 g/mol. The second-order valence-corrected chi connectivity index (χ2v) is 8.89. The van der Waals surface area contributed by atoms with Crippen LogP contribution in [0.1, 0.15) is 5.56 Å². The Kier molecular flexibility index (Phi) is 7.69. The van der Waals surface area contributed by atoms with Crippen molar-refractivity contribution in [3.63, 3.8) is 0 Å². The molecule has 0 radical (unpaired) electrons. The van der Waals surface area contributed by atoms with E-state index in [1.807, 2.05) is 56.4 Å². The molecule has 3 aromatic rings. The van der Waals surface area contributed by atoms with Crippen LogP contribution in [0.2, 0.25) is 0 Å². The lowest BCUT2D eigenvalue weighted by atomic mass is 10.2. The summed E-state index contributed by atoms with van der Waals surface area (Å²) in [6.45, 7) is 5.12. The van der Waals surface area contributed by atoms with Gasteiger partial charge in [0.1, 0.15) is 11.6 Å². The van der Waals surface area contributed by atoms with Crippen molar-refractivity contribution in [1.82, 2.24) is 14.9 Å². The molecule has 37 heavy (non-hydrogen) atoms. The first-order chi connectivity index (χ1) is 17.8. The van der Waals surface area contributed by atoms with Crippen LogP contribution in [0.5, 0.6) is 5.75 Å². The number of methoxy groups -OCH3 is 1. The monoisotopic (exact) mass is 501 g/mol. The summed E-state index contributed by atoms with van der Waals surface area (Å²) in [5.74, 6) is 0.903. The Bertz CT molecular complexity index is 1330. The highest BCUT2D eigenvalue weighted by atomic mass is 16.5. The van der Waals surface area contributed by atoms with Gasteiger partial charge in [-0.25, -0.2) is 4.98 Å². The molecule has 0 unspecified atom stereocenters. The van der Waals surface area contributed by atoms with Crippen molar-refractivity contribution in [2.24, 2.45) is 0 Å². The van der Waals surface area contributed by atoms with Crippen molar-refractivity contribution < 1.29 is 14.3 Å². The molecular formula is C27H31N7O3. The SMILES string of the molecule is C=CC(=O)Nc1cc(Nc2nccc(N3C(=O)Cc4ccccc43)n2)c(OC)cc1N(C)CCN(C)C. The van der Waals surface area contributed by atoms with Gasteiger partial charge in [0.25, 0.3) is 0 Å². The predicted octanol–water partition coefficient (Wildman–Crippen LogP) is 3.57. The molecule has 1 aromatic heterocycles. The Balaban J connectivity index is 1.67. The largest absolute Gasteiger partial charge is 0.494 e. The van der Waals surface area contributed by atoms with E-state index in [1.165, 1.54) is 6.08 Å². The van der Waals surface area contributed by atoms with Crippen molar-refractivity contribution in [1.29, 1.82) is 0 Å². The van der Waals surface area contributed by atoms with Gasteiger partial charge in [-0.15, -0.1) is 0 Å². The summed E-state index contributed by atoms with van der Waals surface area (Å²) < 4.78 is 5.66. The Morgan fingerprint density at radius 1 is 1.16 bits per heavy atom. The van der Waals surface area contributed by atoms with Gasteiger partial charge in [-0.2, -0.15) is 4.98 Å². The summed E-state index contributed by atoms with van der Waals surface area (Å²) in [5.41, 5.74) is 3.69. The first kappa shape index (κ1) is 25.6. The van der Waals surface area contributed by atoms with Crippen molar-refractivity contribution in [3.05, 3.63) is 66.9 Å². The van der Waals surface area contributed by atoms with Gasteiger partial charge in [-0.3, -0.25) is 14.5 Å². The summed E-state index contributed by atoms with van der Waals surface area (Å²) in [5, 5.41) is 6.06. The van der Waals surface area contributed by atoms with Gasteiger partial charge in [0.05, 0.1) is 36.3 Å². The molecule has 0 saturated heterocycles. The van der Waals surface area contributed by atoms with E-state index in [0.29, 0.717) is 29.4 Å². The molecule has 10 nitrogen and oxygen atoms in total. The van der Waals surface area contributed by atoms with Crippen LogP contribution in [0.4, 0.5) is 34.5 Å². The number of rotatable bonds is 10. The van der Waals surface area contributed by atoms with E-state index in [2.05, 4.69) is 32.1 Å². The number of anilines is 6. The Hall–Kier alpha value is -4.44. The molecule has 0 aliphatic carbocycles. The smallest absolute Gasteiger partial charge is 0.247 e. The van der Waals surface area contributed by atoms with Gasteiger partial charge < -0.3 is 25.2 Å². The molecule has 0 spiro atoms. The number of nitrogens with zero attached hydrogens (tertiary/aromatic N) is 5.